The second-order valence-electron chi connectivity index (χ2n) is 6.80. The molecule has 3 aromatic heterocycles. The first-order valence-electron chi connectivity index (χ1n) is 9.24. The molecule has 0 saturated carbocycles. The Balaban J connectivity index is 1.29. The third-order valence-corrected chi connectivity index (χ3v) is 5.49. The quantitative estimate of drug-likeness (QED) is 0.546. The molecule has 1 saturated heterocycles. The molecule has 1 aliphatic rings. The highest BCUT2D eigenvalue weighted by molar-refractivity contribution is 7.00. The van der Waals surface area contributed by atoms with Crippen molar-refractivity contribution in [3.63, 3.8) is 0 Å². The predicted molar refractivity (Wildman–Crippen MR) is 108 cm³/mol. The number of nitrogens with one attached hydrogen (secondary N) is 1. The molecule has 1 N–H and O–H groups in total. The van der Waals surface area contributed by atoms with Gasteiger partial charge in [0.05, 0.1) is 23.3 Å². The maximum atomic E-state index is 12.9. The Morgan fingerprint density at radius 3 is 2.86 bits per heavy atom. The van der Waals surface area contributed by atoms with E-state index in [1.807, 2.05) is 30.3 Å². The van der Waals surface area contributed by atoms with Crippen molar-refractivity contribution >= 4 is 40.2 Å². The van der Waals surface area contributed by atoms with Crippen LogP contribution in [-0.4, -0.2) is 52.7 Å². The minimum absolute atomic E-state index is 0.0117. The lowest BCUT2D eigenvalue weighted by Gasteiger charge is -2.32. The topological polar surface area (TPSA) is 115 Å². The van der Waals surface area contributed by atoms with Crippen molar-refractivity contribution < 1.29 is 4.79 Å². The average molecular weight is 407 g/mol. The zero-order valence-electron chi connectivity index (χ0n) is 15.3. The molecule has 0 spiro atoms. The number of fused-ring (bicyclic) bond motifs is 1. The number of anilines is 2. The molecule has 11 heteroatoms. The molecule has 0 radical (unpaired) electrons. The lowest BCUT2D eigenvalue weighted by molar-refractivity contribution is -0.120. The summed E-state index contributed by atoms with van der Waals surface area (Å²) in [5.41, 5.74) is 2.23. The Labute approximate surface area is 169 Å². The molecule has 29 heavy (non-hydrogen) atoms. The van der Waals surface area contributed by atoms with Gasteiger partial charge >= 0.3 is 0 Å². The van der Waals surface area contributed by atoms with E-state index in [0.29, 0.717) is 18.1 Å². The maximum Gasteiger partial charge on any atom is 0.229 e. The van der Waals surface area contributed by atoms with Gasteiger partial charge in [-0.3, -0.25) is 4.79 Å². The third kappa shape index (κ3) is 3.51. The number of hydrogen-bond acceptors (Lipinski definition) is 9. The molecule has 10 nitrogen and oxygen atoms in total. The molecule has 1 amide bonds. The van der Waals surface area contributed by atoms with Gasteiger partial charge in [0.15, 0.2) is 11.6 Å². The molecule has 0 bridgehead atoms. The smallest absolute Gasteiger partial charge is 0.229 e. The summed E-state index contributed by atoms with van der Waals surface area (Å²) in [6.45, 7) is 1.43. The Morgan fingerprint density at radius 1 is 1.14 bits per heavy atom. The number of carbonyl (C=O) groups is 1. The molecule has 146 valence electrons. The highest BCUT2D eigenvalue weighted by atomic mass is 32.1. The second-order valence-corrected chi connectivity index (χ2v) is 7.33. The van der Waals surface area contributed by atoms with Crippen LogP contribution >= 0.6 is 11.7 Å². The molecule has 4 heterocycles. The van der Waals surface area contributed by atoms with Gasteiger partial charge in [-0.05, 0) is 37.1 Å². The highest BCUT2D eigenvalue weighted by Gasteiger charge is 2.27. The maximum absolute atomic E-state index is 12.9. The first-order valence-corrected chi connectivity index (χ1v) is 9.97. The van der Waals surface area contributed by atoms with Gasteiger partial charge in [-0.1, -0.05) is 6.07 Å². The van der Waals surface area contributed by atoms with E-state index in [2.05, 4.69) is 39.2 Å². The zero-order valence-corrected chi connectivity index (χ0v) is 16.2. The number of carbonyl (C=O) groups excluding carboxylic acids is 1. The largest absolute Gasteiger partial charge is 0.354 e. The molecule has 1 atom stereocenters. The lowest BCUT2D eigenvalue weighted by atomic mass is 9.97. The number of hydrogen-bond donors (Lipinski definition) is 1. The van der Waals surface area contributed by atoms with Gasteiger partial charge in [-0.25, -0.2) is 9.67 Å². The average Bonchev–Trinajstić information content (AvgIpc) is 3.47. The molecule has 1 fully saturated rings. The van der Waals surface area contributed by atoms with Crippen LogP contribution < -0.4 is 10.2 Å². The van der Waals surface area contributed by atoms with Crippen molar-refractivity contribution in [2.45, 2.75) is 12.8 Å². The first-order chi connectivity index (χ1) is 14.3. The summed E-state index contributed by atoms with van der Waals surface area (Å²) in [6, 6.07) is 9.36. The van der Waals surface area contributed by atoms with Gasteiger partial charge < -0.3 is 10.2 Å². The molecular weight excluding hydrogens is 390 g/mol. The van der Waals surface area contributed by atoms with E-state index in [-0.39, 0.29) is 11.8 Å². The summed E-state index contributed by atoms with van der Waals surface area (Å²) in [4.78, 5) is 18.9. The van der Waals surface area contributed by atoms with Crippen molar-refractivity contribution in [2.24, 2.45) is 5.92 Å². The number of piperidine rings is 1. The minimum Gasteiger partial charge on any atom is -0.354 e. The SMILES string of the molecule is O=C(Nc1cccc2nsnc12)C1CCCN(c2ccc(-n3cncn3)nn2)C1. The van der Waals surface area contributed by atoms with E-state index in [1.54, 1.807) is 11.0 Å². The fourth-order valence-electron chi connectivity index (χ4n) is 3.48. The molecule has 4 aromatic rings. The Kier molecular flexibility index (Phi) is 4.56. The van der Waals surface area contributed by atoms with Crippen molar-refractivity contribution in [2.75, 3.05) is 23.3 Å². The molecule has 5 rings (SSSR count). The van der Waals surface area contributed by atoms with Crippen LogP contribution in [-0.2, 0) is 4.79 Å². The molecule has 1 aromatic carbocycles. The predicted octanol–water partition coefficient (Wildman–Crippen LogP) is 1.92. The summed E-state index contributed by atoms with van der Waals surface area (Å²) < 4.78 is 10.1. The van der Waals surface area contributed by atoms with Crippen LogP contribution in [0.1, 0.15) is 12.8 Å². The summed E-state index contributed by atoms with van der Waals surface area (Å²) >= 11 is 1.14. The van der Waals surface area contributed by atoms with Crippen LogP contribution in [0.5, 0.6) is 0 Å². The molecule has 0 aliphatic carbocycles. The van der Waals surface area contributed by atoms with Crippen LogP contribution in [0.15, 0.2) is 43.0 Å². The normalized spacial score (nSPS) is 16.8. The number of nitrogens with zero attached hydrogens (tertiary/aromatic N) is 8. The highest BCUT2D eigenvalue weighted by Crippen LogP contribution is 2.25. The minimum atomic E-state index is -0.137. The van der Waals surface area contributed by atoms with Gasteiger partial charge in [-0.15, -0.1) is 10.2 Å². The summed E-state index contributed by atoms with van der Waals surface area (Å²) in [5, 5.41) is 15.6. The standard InChI is InChI=1S/C18H17N9OS/c28-18(21-13-4-1-5-14-17(13)25-29-24-14)12-3-2-8-26(9-12)15-6-7-16(23-22-15)27-11-19-10-20-27/h1,4-7,10-12H,2-3,8-9H2,(H,21,28). The fourth-order valence-corrected chi connectivity index (χ4v) is 4.03. The number of aromatic nitrogens is 7. The van der Waals surface area contributed by atoms with E-state index in [0.717, 1.165) is 48.0 Å². The number of rotatable bonds is 4. The van der Waals surface area contributed by atoms with Crippen LogP contribution in [0, 0.1) is 5.92 Å². The lowest BCUT2D eigenvalue weighted by Crippen LogP contribution is -2.41. The summed E-state index contributed by atoms with van der Waals surface area (Å²) in [5.74, 6) is 1.20. The van der Waals surface area contributed by atoms with Gasteiger partial charge in [0.2, 0.25) is 5.91 Å². The van der Waals surface area contributed by atoms with Crippen molar-refractivity contribution in [3.8, 4) is 5.82 Å². The van der Waals surface area contributed by atoms with Crippen LogP contribution in [0.2, 0.25) is 0 Å². The summed E-state index contributed by atoms with van der Waals surface area (Å²) in [7, 11) is 0. The van der Waals surface area contributed by atoms with Crippen LogP contribution in [0.4, 0.5) is 11.5 Å². The van der Waals surface area contributed by atoms with E-state index in [9.17, 15) is 4.79 Å². The first kappa shape index (κ1) is 17.6. The van der Waals surface area contributed by atoms with Crippen LogP contribution in [0.25, 0.3) is 16.9 Å². The Bertz CT molecular complexity index is 1130. The molecular formula is C18H17N9OS. The number of amides is 1. The Hall–Kier alpha value is -3.47. The molecule has 1 aliphatic heterocycles. The van der Waals surface area contributed by atoms with Crippen molar-refractivity contribution in [1.29, 1.82) is 0 Å². The van der Waals surface area contributed by atoms with Crippen molar-refractivity contribution in [1.82, 2.24) is 33.7 Å². The summed E-state index contributed by atoms with van der Waals surface area (Å²) in [6.07, 6.45) is 4.76. The Morgan fingerprint density at radius 2 is 2.03 bits per heavy atom. The third-order valence-electron chi connectivity index (χ3n) is 4.95. The van der Waals surface area contributed by atoms with E-state index < -0.39 is 0 Å². The van der Waals surface area contributed by atoms with E-state index in [4.69, 9.17) is 0 Å². The van der Waals surface area contributed by atoms with Gasteiger partial charge in [0.1, 0.15) is 23.7 Å². The van der Waals surface area contributed by atoms with Gasteiger partial charge in [0, 0.05) is 13.1 Å². The second kappa shape index (κ2) is 7.51. The number of benzene rings is 1. The zero-order chi connectivity index (χ0) is 19.6. The molecule has 1 unspecified atom stereocenters. The van der Waals surface area contributed by atoms with Crippen molar-refractivity contribution in [3.05, 3.63) is 43.0 Å². The van der Waals surface area contributed by atoms with E-state index in [1.165, 1.54) is 6.33 Å². The monoisotopic (exact) mass is 407 g/mol. The fraction of sp³-hybridized carbons (Fsp3) is 0.278. The van der Waals surface area contributed by atoms with Crippen LogP contribution in [0.3, 0.4) is 0 Å². The van der Waals surface area contributed by atoms with Gasteiger partial charge in [0.25, 0.3) is 0 Å². The van der Waals surface area contributed by atoms with Gasteiger partial charge in [-0.2, -0.15) is 13.8 Å². The van der Waals surface area contributed by atoms with E-state index >= 15 is 0 Å².